The summed E-state index contributed by atoms with van der Waals surface area (Å²) in [4.78, 5) is 9.98. The van der Waals surface area contributed by atoms with Crippen molar-refractivity contribution >= 4 is 22.8 Å². The summed E-state index contributed by atoms with van der Waals surface area (Å²) >= 11 is 1.30. The molecule has 0 aliphatic heterocycles. The number of halogens is 3. The first kappa shape index (κ1) is 13.2. The molecule has 1 N–H and O–H groups in total. The number of hydrogen-bond acceptors (Lipinski definition) is 3. The third kappa shape index (κ3) is 2.60. The lowest BCUT2D eigenvalue weighted by Gasteiger charge is -2.09. The van der Waals surface area contributed by atoms with Gasteiger partial charge in [-0.1, -0.05) is 13.8 Å². The van der Waals surface area contributed by atoms with Crippen LogP contribution in [-0.2, 0) is 6.18 Å². The van der Waals surface area contributed by atoms with Crippen molar-refractivity contribution in [2.75, 3.05) is 0 Å². The summed E-state index contributed by atoms with van der Waals surface area (Å²) in [5, 5.41) is 1.16. The first-order valence-corrected chi connectivity index (χ1v) is 6.26. The van der Waals surface area contributed by atoms with Gasteiger partial charge in [0.1, 0.15) is 10.7 Å². The molecule has 0 aromatic carbocycles. The molecule has 2 aromatic heterocycles. The van der Waals surface area contributed by atoms with Crippen molar-refractivity contribution < 1.29 is 13.2 Å². The number of nitrogens with zero attached hydrogens (tertiary/aromatic N) is 2. The Hall–Kier alpha value is -1.24. The Morgan fingerprint density at radius 3 is 2.50 bits per heavy atom. The highest BCUT2D eigenvalue weighted by molar-refractivity contribution is 8.00. The van der Waals surface area contributed by atoms with Crippen LogP contribution >= 0.6 is 11.8 Å². The minimum Gasteiger partial charge on any atom is -0.343 e. The molecule has 18 heavy (non-hydrogen) atoms. The van der Waals surface area contributed by atoms with E-state index in [1.54, 1.807) is 13.0 Å². The molecule has 0 amide bonds. The largest absolute Gasteiger partial charge is 0.451 e. The van der Waals surface area contributed by atoms with Gasteiger partial charge in [0.15, 0.2) is 0 Å². The van der Waals surface area contributed by atoms with Crippen molar-refractivity contribution in [3.8, 4) is 0 Å². The number of aromatic nitrogens is 3. The molecule has 7 heteroatoms. The maximum atomic E-state index is 12.7. The summed E-state index contributed by atoms with van der Waals surface area (Å²) in [5.74, 6) is -1.10. The van der Waals surface area contributed by atoms with E-state index in [-0.39, 0.29) is 10.9 Å². The summed E-state index contributed by atoms with van der Waals surface area (Å²) in [6.45, 7) is 5.59. The van der Waals surface area contributed by atoms with Gasteiger partial charge in [-0.2, -0.15) is 13.2 Å². The Kier molecular flexibility index (Phi) is 3.27. The Bertz CT molecular complexity index is 575. The van der Waals surface area contributed by atoms with Crippen LogP contribution in [-0.4, -0.2) is 20.2 Å². The number of aromatic amines is 1. The van der Waals surface area contributed by atoms with E-state index < -0.39 is 12.0 Å². The standard InChI is InChI=1S/C11H12F3N3S/c1-5(2)18-9-7-4-6(3)15-8(7)16-10(17-9)11(12,13)14/h4-5H,1-3H3,(H,15,16,17). The number of fused-ring (bicyclic) bond motifs is 1. The molecular weight excluding hydrogens is 263 g/mol. The third-order valence-corrected chi connectivity index (χ3v) is 3.19. The van der Waals surface area contributed by atoms with Crippen LogP contribution in [0.4, 0.5) is 13.2 Å². The summed E-state index contributed by atoms with van der Waals surface area (Å²) in [7, 11) is 0. The van der Waals surface area contributed by atoms with Gasteiger partial charge in [0, 0.05) is 10.9 Å². The van der Waals surface area contributed by atoms with Gasteiger partial charge in [-0.15, -0.1) is 11.8 Å². The SMILES string of the molecule is Cc1cc2c(SC(C)C)nc(C(F)(F)F)nc2[nH]1. The molecule has 0 bridgehead atoms. The highest BCUT2D eigenvalue weighted by Crippen LogP contribution is 2.33. The van der Waals surface area contributed by atoms with E-state index in [9.17, 15) is 13.2 Å². The second kappa shape index (κ2) is 4.46. The second-order valence-electron chi connectivity index (χ2n) is 4.23. The van der Waals surface area contributed by atoms with Crippen LogP contribution in [0.1, 0.15) is 25.4 Å². The highest BCUT2D eigenvalue weighted by atomic mass is 32.2. The average Bonchev–Trinajstić information content (AvgIpc) is 2.56. The van der Waals surface area contributed by atoms with Gasteiger partial charge in [-0.3, -0.25) is 0 Å². The predicted molar refractivity (Wildman–Crippen MR) is 64.6 cm³/mol. The van der Waals surface area contributed by atoms with E-state index in [1.165, 1.54) is 11.8 Å². The lowest BCUT2D eigenvalue weighted by Crippen LogP contribution is -2.12. The van der Waals surface area contributed by atoms with Gasteiger partial charge in [-0.05, 0) is 13.0 Å². The molecule has 2 heterocycles. The number of alkyl halides is 3. The summed E-state index contributed by atoms with van der Waals surface area (Å²) in [5.41, 5.74) is 1.00. The smallest absolute Gasteiger partial charge is 0.343 e. The molecule has 0 atom stereocenters. The van der Waals surface area contributed by atoms with Gasteiger partial charge in [-0.25, -0.2) is 9.97 Å². The van der Waals surface area contributed by atoms with E-state index in [1.807, 2.05) is 13.8 Å². The van der Waals surface area contributed by atoms with Crippen molar-refractivity contribution in [3.63, 3.8) is 0 Å². The number of hydrogen-bond donors (Lipinski definition) is 1. The Morgan fingerprint density at radius 1 is 1.28 bits per heavy atom. The molecule has 0 saturated heterocycles. The molecule has 0 spiro atoms. The van der Waals surface area contributed by atoms with Crippen LogP contribution in [0.5, 0.6) is 0 Å². The monoisotopic (exact) mass is 275 g/mol. The molecule has 2 aromatic rings. The fourth-order valence-corrected chi connectivity index (χ4v) is 2.42. The number of thioether (sulfide) groups is 1. The Labute approximate surface area is 106 Å². The Morgan fingerprint density at radius 2 is 1.94 bits per heavy atom. The van der Waals surface area contributed by atoms with Crippen LogP contribution in [0.25, 0.3) is 11.0 Å². The molecule has 0 aliphatic rings. The molecule has 0 saturated carbocycles. The fraction of sp³-hybridized carbons (Fsp3) is 0.455. The zero-order chi connectivity index (χ0) is 13.5. The molecule has 0 radical (unpaired) electrons. The van der Waals surface area contributed by atoms with Gasteiger partial charge < -0.3 is 4.98 Å². The van der Waals surface area contributed by atoms with Gasteiger partial charge in [0.05, 0.1) is 5.39 Å². The quantitative estimate of drug-likeness (QED) is 0.669. The predicted octanol–water partition coefficient (Wildman–Crippen LogP) is 3.79. The number of aryl methyl sites for hydroxylation is 1. The summed E-state index contributed by atoms with van der Waals surface area (Å²) < 4.78 is 38.1. The minimum absolute atomic E-state index is 0.152. The molecular formula is C11H12F3N3S. The van der Waals surface area contributed by atoms with Crippen LogP contribution in [0, 0.1) is 6.92 Å². The summed E-state index contributed by atoms with van der Waals surface area (Å²) in [6, 6.07) is 1.76. The van der Waals surface area contributed by atoms with Crippen LogP contribution in [0.3, 0.4) is 0 Å². The van der Waals surface area contributed by atoms with E-state index in [0.29, 0.717) is 10.4 Å². The van der Waals surface area contributed by atoms with Gasteiger partial charge >= 0.3 is 6.18 Å². The van der Waals surface area contributed by atoms with E-state index in [4.69, 9.17) is 0 Å². The molecule has 0 fully saturated rings. The van der Waals surface area contributed by atoms with E-state index in [0.717, 1.165) is 5.69 Å². The fourth-order valence-electron chi connectivity index (χ4n) is 1.55. The third-order valence-electron chi connectivity index (χ3n) is 2.19. The van der Waals surface area contributed by atoms with Gasteiger partial charge in [0.2, 0.25) is 5.82 Å². The summed E-state index contributed by atoms with van der Waals surface area (Å²) in [6.07, 6.45) is -4.53. The maximum absolute atomic E-state index is 12.7. The maximum Gasteiger partial charge on any atom is 0.451 e. The number of H-pyrrole nitrogens is 1. The van der Waals surface area contributed by atoms with Crippen molar-refractivity contribution in [2.45, 2.75) is 37.2 Å². The van der Waals surface area contributed by atoms with E-state index >= 15 is 0 Å². The molecule has 3 nitrogen and oxygen atoms in total. The minimum atomic E-state index is -4.53. The zero-order valence-electron chi connectivity index (χ0n) is 10.1. The zero-order valence-corrected chi connectivity index (χ0v) is 10.9. The van der Waals surface area contributed by atoms with Crippen molar-refractivity contribution in [2.24, 2.45) is 0 Å². The van der Waals surface area contributed by atoms with Crippen LogP contribution < -0.4 is 0 Å². The van der Waals surface area contributed by atoms with E-state index in [2.05, 4.69) is 15.0 Å². The van der Waals surface area contributed by atoms with Crippen molar-refractivity contribution in [1.82, 2.24) is 15.0 Å². The number of nitrogens with one attached hydrogen (secondary N) is 1. The van der Waals surface area contributed by atoms with Crippen molar-refractivity contribution in [3.05, 3.63) is 17.6 Å². The van der Waals surface area contributed by atoms with Crippen LogP contribution in [0.2, 0.25) is 0 Å². The van der Waals surface area contributed by atoms with Crippen molar-refractivity contribution in [1.29, 1.82) is 0 Å². The first-order chi connectivity index (χ1) is 8.27. The normalized spacial score (nSPS) is 12.6. The topological polar surface area (TPSA) is 41.6 Å². The lowest BCUT2D eigenvalue weighted by molar-refractivity contribution is -0.145. The average molecular weight is 275 g/mol. The molecule has 2 rings (SSSR count). The Balaban J connectivity index is 2.64. The van der Waals surface area contributed by atoms with Crippen LogP contribution in [0.15, 0.2) is 11.1 Å². The molecule has 0 aliphatic carbocycles. The molecule has 0 unspecified atom stereocenters. The second-order valence-corrected chi connectivity index (χ2v) is 5.80. The lowest BCUT2D eigenvalue weighted by atomic mass is 10.4. The van der Waals surface area contributed by atoms with Gasteiger partial charge in [0.25, 0.3) is 0 Å². The highest BCUT2D eigenvalue weighted by Gasteiger charge is 2.35. The molecule has 98 valence electrons. The first-order valence-electron chi connectivity index (χ1n) is 5.38. The number of rotatable bonds is 2.